The first-order chi connectivity index (χ1) is 13.1. The third kappa shape index (κ3) is 5.38. The Bertz CT molecular complexity index is 935. The summed E-state index contributed by atoms with van der Waals surface area (Å²) in [5.41, 5.74) is 0. The van der Waals surface area contributed by atoms with Gasteiger partial charge in [0.1, 0.15) is 5.75 Å². The summed E-state index contributed by atoms with van der Waals surface area (Å²) in [6, 6.07) is 10.2. The zero-order valence-corrected chi connectivity index (χ0v) is 16.6. The van der Waals surface area contributed by atoms with E-state index in [2.05, 4.69) is 14.9 Å². The van der Waals surface area contributed by atoms with Crippen LogP contribution in [0.25, 0.3) is 10.7 Å². The molecule has 0 fully saturated rings. The van der Waals surface area contributed by atoms with E-state index in [1.54, 1.807) is 30.6 Å². The van der Waals surface area contributed by atoms with Crippen LogP contribution in [-0.4, -0.2) is 32.2 Å². The van der Waals surface area contributed by atoms with Crippen LogP contribution in [0.2, 0.25) is 0 Å². The van der Waals surface area contributed by atoms with E-state index in [4.69, 9.17) is 9.26 Å². The average molecular weight is 408 g/mol. The molecule has 0 bridgehead atoms. The second kappa shape index (κ2) is 9.12. The maximum Gasteiger partial charge on any atom is 0.240 e. The molecule has 144 valence electrons. The molecule has 0 aliphatic rings. The molecule has 0 radical (unpaired) electrons. The van der Waals surface area contributed by atoms with Gasteiger partial charge >= 0.3 is 0 Å². The van der Waals surface area contributed by atoms with Crippen LogP contribution in [-0.2, 0) is 16.4 Å². The van der Waals surface area contributed by atoms with Gasteiger partial charge in [-0.25, -0.2) is 13.1 Å². The molecular formula is C18H21N3O4S2. The standard InChI is InChI=1S/C18H21N3O4S2/c1-24-14-8-10-15(11-9-14)27(22,23)19-12-4-2-3-7-17-20-18(21-25-17)16-6-5-13-26-16/h5-6,8-11,13,19H,2-4,7,12H2,1H3. The molecule has 1 aromatic carbocycles. The van der Waals surface area contributed by atoms with Crippen molar-refractivity contribution in [1.82, 2.24) is 14.9 Å². The fourth-order valence-corrected chi connectivity index (χ4v) is 4.21. The Hall–Kier alpha value is -2.23. The van der Waals surface area contributed by atoms with Gasteiger partial charge in [0.25, 0.3) is 0 Å². The van der Waals surface area contributed by atoms with Gasteiger partial charge in [-0.3, -0.25) is 0 Å². The molecule has 0 saturated heterocycles. The van der Waals surface area contributed by atoms with Crippen molar-refractivity contribution in [3.05, 3.63) is 47.7 Å². The monoisotopic (exact) mass is 407 g/mol. The molecular weight excluding hydrogens is 386 g/mol. The molecule has 9 heteroatoms. The van der Waals surface area contributed by atoms with Crippen molar-refractivity contribution in [3.8, 4) is 16.5 Å². The first-order valence-electron chi connectivity index (χ1n) is 8.59. The van der Waals surface area contributed by atoms with Gasteiger partial charge in [-0.05, 0) is 48.6 Å². The van der Waals surface area contributed by atoms with Crippen LogP contribution in [0.4, 0.5) is 0 Å². The van der Waals surface area contributed by atoms with Gasteiger partial charge in [0, 0.05) is 13.0 Å². The number of rotatable bonds is 10. The molecule has 0 spiro atoms. The van der Waals surface area contributed by atoms with E-state index in [9.17, 15) is 8.42 Å². The number of unbranched alkanes of at least 4 members (excludes halogenated alkanes) is 2. The number of methoxy groups -OCH3 is 1. The van der Waals surface area contributed by atoms with E-state index >= 15 is 0 Å². The predicted molar refractivity (Wildman–Crippen MR) is 103 cm³/mol. The first-order valence-corrected chi connectivity index (χ1v) is 10.9. The van der Waals surface area contributed by atoms with E-state index in [-0.39, 0.29) is 4.90 Å². The third-order valence-electron chi connectivity index (χ3n) is 3.94. The summed E-state index contributed by atoms with van der Waals surface area (Å²) in [7, 11) is -1.95. The topological polar surface area (TPSA) is 94.3 Å². The Kier molecular flexibility index (Phi) is 6.59. The summed E-state index contributed by atoms with van der Waals surface area (Å²) in [5, 5.41) is 5.95. The Morgan fingerprint density at radius 3 is 2.67 bits per heavy atom. The molecule has 3 rings (SSSR count). The molecule has 0 atom stereocenters. The highest BCUT2D eigenvalue weighted by atomic mass is 32.2. The van der Waals surface area contributed by atoms with Crippen molar-refractivity contribution in [3.63, 3.8) is 0 Å². The van der Waals surface area contributed by atoms with Crippen molar-refractivity contribution >= 4 is 21.4 Å². The first kappa shape index (κ1) is 19.5. The predicted octanol–water partition coefficient (Wildman–Crippen LogP) is 3.50. The van der Waals surface area contributed by atoms with Gasteiger partial charge < -0.3 is 9.26 Å². The molecule has 27 heavy (non-hydrogen) atoms. The lowest BCUT2D eigenvalue weighted by Gasteiger charge is -2.07. The summed E-state index contributed by atoms with van der Waals surface area (Å²) in [4.78, 5) is 5.59. The highest BCUT2D eigenvalue weighted by molar-refractivity contribution is 7.89. The van der Waals surface area contributed by atoms with Crippen LogP contribution in [0.15, 0.2) is 51.2 Å². The summed E-state index contributed by atoms with van der Waals surface area (Å²) in [6.45, 7) is 0.388. The van der Waals surface area contributed by atoms with Gasteiger partial charge in [0.2, 0.25) is 21.7 Å². The molecule has 3 aromatic rings. The maximum absolute atomic E-state index is 12.2. The lowest BCUT2D eigenvalue weighted by Crippen LogP contribution is -2.24. The van der Waals surface area contributed by atoms with Crippen LogP contribution >= 0.6 is 11.3 Å². The molecule has 0 aliphatic heterocycles. The van der Waals surface area contributed by atoms with Crippen LogP contribution in [0, 0.1) is 0 Å². The van der Waals surface area contributed by atoms with E-state index < -0.39 is 10.0 Å². The third-order valence-corrected chi connectivity index (χ3v) is 6.28. The van der Waals surface area contributed by atoms with E-state index in [0.29, 0.717) is 30.4 Å². The quantitative estimate of drug-likeness (QED) is 0.517. The molecule has 0 unspecified atom stereocenters. The van der Waals surface area contributed by atoms with Crippen molar-refractivity contribution in [1.29, 1.82) is 0 Å². The van der Waals surface area contributed by atoms with Gasteiger partial charge in [-0.1, -0.05) is 17.6 Å². The van der Waals surface area contributed by atoms with E-state index in [0.717, 1.165) is 24.1 Å². The molecule has 0 amide bonds. The summed E-state index contributed by atoms with van der Waals surface area (Å²) in [5.74, 6) is 1.85. The molecule has 0 aliphatic carbocycles. The number of thiophene rings is 1. The Labute approximate surface area is 162 Å². The number of hydrogen-bond donors (Lipinski definition) is 1. The average Bonchev–Trinajstić information content (AvgIpc) is 3.36. The highest BCUT2D eigenvalue weighted by Gasteiger charge is 2.13. The van der Waals surface area contributed by atoms with Crippen molar-refractivity contribution in [2.24, 2.45) is 0 Å². The lowest BCUT2D eigenvalue weighted by molar-refractivity contribution is 0.374. The second-order valence-corrected chi connectivity index (χ2v) is 8.59. The zero-order valence-electron chi connectivity index (χ0n) is 14.9. The van der Waals surface area contributed by atoms with Crippen LogP contribution in [0.5, 0.6) is 5.75 Å². The van der Waals surface area contributed by atoms with Crippen molar-refractivity contribution < 1.29 is 17.7 Å². The van der Waals surface area contributed by atoms with E-state index in [1.165, 1.54) is 12.1 Å². The zero-order chi connectivity index (χ0) is 19.1. The summed E-state index contributed by atoms with van der Waals surface area (Å²) >= 11 is 1.57. The number of nitrogens with zero attached hydrogens (tertiary/aromatic N) is 2. The number of sulfonamides is 1. The minimum Gasteiger partial charge on any atom is -0.497 e. The Morgan fingerprint density at radius 2 is 1.96 bits per heavy atom. The Morgan fingerprint density at radius 1 is 1.15 bits per heavy atom. The molecule has 2 aromatic heterocycles. The SMILES string of the molecule is COc1ccc(S(=O)(=O)NCCCCCc2nc(-c3cccs3)no2)cc1. The van der Waals surface area contributed by atoms with Crippen LogP contribution in [0.1, 0.15) is 25.2 Å². The maximum atomic E-state index is 12.2. The molecule has 2 heterocycles. The minimum absolute atomic E-state index is 0.232. The van der Waals surface area contributed by atoms with Gasteiger partial charge in [-0.15, -0.1) is 11.3 Å². The Balaban J connectivity index is 1.37. The van der Waals surface area contributed by atoms with Gasteiger partial charge in [-0.2, -0.15) is 4.98 Å². The molecule has 1 N–H and O–H groups in total. The largest absolute Gasteiger partial charge is 0.497 e. The van der Waals surface area contributed by atoms with Gasteiger partial charge in [0.05, 0.1) is 16.9 Å². The number of benzene rings is 1. The number of hydrogen-bond acceptors (Lipinski definition) is 7. The number of ether oxygens (including phenoxy) is 1. The molecule has 7 nitrogen and oxygen atoms in total. The van der Waals surface area contributed by atoms with Crippen LogP contribution in [0.3, 0.4) is 0 Å². The van der Waals surface area contributed by atoms with Crippen LogP contribution < -0.4 is 9.46 Å². The summed E-state index contributed by atoms with van der Waals surface area (Å²) < 4.78 is 37.3. The minimum atomic E-state index is -3.49. The second-order valence-electron chi connectivity index (χ2n) is 5.87. The lowest BCUT2D eigenvalue weighted by atomic mass is 10.2. The van der Waals surface area contributed by atoms with Gasteiger partial charge in [0.15, 0.2) is 0 Å². The fraction of sp³-hybridized carbons (Fsp3) is 0.333. The molecule has 0 saturated carbocycles. The number of aromatic nitrogens is 2. The summed E-state index contributed by atoms with van der Waals surface area (Å²) in [6.07, 6.45) is 3.14. The van der Waals surface area contributed by atoms with Crippen molar-refractivity contribution in [2.45, 2.75) is 30.6 Å². The smallest absolute Gasteiger partial charge is 0.240 e. The normalized spacial score (nSPS) is 11.6. The van der Waals surface area contributed by atoms with Crippen molar-refractivity contribution in [2.75, 3.05) is 13.7 Å². The van der Waals surface area contributed by atoms with E-state index in [1.807, 2.05) is 17.5 Å². The number of aryl methyl sites for hydroxylation is 1. The highest BCUT2D eigenvalue weighted by Crippen LogP contribution is 2.21. The fourth-order valence-electron chi connectivity index (χ4n) is 2.49. The number of nitrogens with one attached hydrogen (secondary N) is 1.